The molecular weight excluding hydrogens is 176 g/mol. The van der Waals surface area contributed by atoms with Crippen LogP contribution in [0.5, 0.6) is 5.75 Å². The van der Waals surface area contributed by atoms with Crippen LogP contribution in [0.25, 0.3) is 0 Å². The zero-order chi connectivity index (χ0) is 9.97. The summed E-state index contributed by atoms with van der Waals surface area (Å²) in [5.74, 6) is 1.20. The van der Waals surface area contributed by atoms with Crippen LogP contribution < -0.4 is 0 Å². The average molecular weight is 190 g/mol. The fraction of sp³-hybridized carbons (Fsp3) is 0.333. The van der Waals surface area contributed by atoms with Crippen molar-refractivity contribution in [2.45, 2.75) is 25.4 Å². The maximum atomic E-state index is 9.28. The molecule has 1 aromatic carbocycles. The third kappa shape index (κ3) is 2.08. The van der Waals surface area contributed by atoms with Crippen molar-refractivity contribution in [1.29, 1.82) is 0 Å². The quantitative estimate of drug-likeness (QED) is 0.776. The first-order chi connectivity index (χ1) is 6.74. The van der Waals surface area contributed by atoms with E-state index in [0.717, 1.165) is 30.6 Å². The summed E-state index contributed by atoms with van der Waals surface area (Å²) in [5, 5.41) is 9.28. The van der Waals surface area contributed by atoms with Crippen molar-refractivity contribution in [2.24, 2.45) is 0 Å². The summed E-state index contributed by atoms with van der Waals surface area (Å²) in [5.41, 5.74) is 1.12. The number of hydrogen-bond acceptors (Lipinski definition) is 2. The van der Waals surface area contributed by atoms with Crippen LogP contribution in [0.2, 0.25) is 0 Å². The van der Waals surface area contributed by atoms with E-state index in [0.29, 0.717) is 5.75 Å². The third-order valence-electron chi connectivity index (χ3n) is 2.45. The van der Waals surface area contributed by atoms with Gasteiger partial charge < -0.3 is 9.84 Å². The minimum Gasteiger partial charge on any atom is -0.508 e. The minimum atomic E-state index is 0.240. The van der Waals surface area contributed by atoms with Crippen LogP contribution >= 0.6 is 0 Å². The van der Waals surface area contributed by atoms with E-state index in [2.05, 4.69) is 6.58 Å². The lowest BCUT2D eigenvalue weighted by Crippen LogP contribution is -2.07. The lowest BCUT2D eigenvalue weighted by molar-refractivity contribution is 0.162. The molecule has 1 N–H and O–H groups in total. The lowest BCUT2D eigenvalue weighted by Gasteiger charge is -2.10. The van der Waals surface area contributed by atoms with E-state index in [-0.39, 0.29) is 6.10 Å². The Morgan fingerprint density at radius 1 is 1.50 bits per heavy atom. The number of allylic oxidation sites excluding steroid dienone is 1. The van der Waals surface area contributed by atoms with E-state index < -0.39 is 0 Å². The normalized spacial score (nSPS) is 20.9. The SMILES string of the molecule is C=C1CCC(Cc2cccc(O)c2)O1. The molecule has 14 heavy (non-hydrogen) atoms. The van der Waals surface area contributed by atoms with Crippen molar-refractivity contribution < 1.29 is 9.84 Å². The smallest absolute Gasteiger partial charge is 0.115 e. The molecule has 1 fully saturated rings. The Bertz CT molecular complexity index is 344. The Balaban J connectivity index is 2.00. The van der Waals surface area contributed by atoms with E-state index in [4.69, 9.17) is 4.74 Å². The minimum absolute atomic E-state index is 0.240. The molecule has 0 saturated carbocycles. The maximum absolute atomic E-state index is 9.28. The molecule has 1 aliphatic rings. The van der Waals surface area contributed by atoms with Crippen molar-refractivity contribution in [3.63, 3.8) is 0 Å². The van der Waals surface area contributed by atoms with Crippen LogP contribution in [0.1, 0.15) is 18.4 Å². The summed E-state index contributed by atoms with van der Waals surface area (Å²) in [6, 6.07) is 7.32. The number of rotatable bonds is 2. The highest BCUT2D eigenvalue weighted by molar-refractivity contribution is 5.27. The lowest BCUT2D eigenvalue weighted by atomic mass is 10.1. The van der Waals surface area contributed by atoms with Crippen molar-refractivity contribution in [1.82, 2.24) is 0 Å². The molecule has 1 aliphatic heterocycles. The van der Waals surface area contributed by atoms with Crippen LogP contribution in [0.15, 0.2) is 36.6 Å². The molecular formula is C12H14O2. The van der Waals surface area contributed by atoms with Gasteiger partial charge in [-0.1, -0.05) is 18.7 Å². The molecule has 0 radical (unpaired) electrons. The fourth-order valence-electron chi connectivity index (χ4n) is 1.77. The predicted octanol–water partition coefficient (Wildman–Crippen LogP) is 2.63. The van der Waals surface area contributed by atoms with Crippen LogP contribution in [0.4, 0.5) is 0 Å². The van der Waals surface area contributed by atoms with Gasteiger partial charge in [0.25, 0.3) is 0 Å². The average Bonchev–Trinajstić information content (AvgIpc) is 2.51. The highest BCUT2D eigenvalue weighted by Gasteiger charge is 2.19. The molecule has 1 aromatic rings. The predicted molar refractivity (Wildman–Crippen MR) is 55.1 cm³/mol. The maximum Gasteiger partial charge on any atom is 0.115 e. The molecule has 2 rings (SSSR count). The summed E-state index contributed by atoms with van der Waals surface area (Å²) in [4.78, 5) is 0. The molecule has 1 saturated heterocycles. The summed E-state index contributed by atoms with van der Waals surface area (Å²) in [7, 11) is 0. The summed E-state index contributed by atoms with van der Waals surface area (Å²) in [6.07, 6.45) is 3.09. The van der Waals surface area contributed by atoms with E-state index in [1.807, 2.05) is 12.1 Å². The molecule has 0 spiro atoms. The topological polar surface area (TPSA) is 29.5 Å². The monoisotopic (exact) mass is 190 g/mol. The van der Waals surface area contributed by atoms with Gasteiger partial charge >= 0.3 is 0 Å². The van der Waals surface area contributed by atoms with E-state index in [9.17, 15) is 5.11 Å². The summed E-state index contributed by atoms with van der Waals surface area (Å²) >= 11 is 0. The molecule has 1 heterocycles. The molecule has 1 atom stereocenters. The Morgan fingerprint density at radius 3 is 3.00 bits per heavy atom. The number of benzene rings is 1. The fourth-order valence-corrected chi connectivity index (χ4v) is 1.77. The Hall–Kier alpha value is -1.44. The largest absolute Gasteiger partial charge is 0.508 e. The molecule has 74 valence electrons. The van der Waals surface area contributed by atoms with Gasteiger partial charge in [0.2, 0.25) is 0 Å². The second-order valence-electron chi connectivity index (χ2n) is 3.69. The van der Waals surface area contributed by atoms with Crippen LogP contribution in [0.3, 0.4) is 0 Å². The van der Waals surface area contributed by atoms with Gasteiger partial charge in [-0.25, -0.2) is 0 Å². The van der Waals surface area contributed by atoms with Gasteiger partial charge in [0, 0.05) is 12.8 Å². The van der Waals surface area contributed by atoms with Gasteiger partial charge in [-0.15, -0.1) is 0 Å². The van der Waals surface area contributed by atoms with Gasteiger partial charge in [-0.3, -0.25) is 0 Å². The Labute approximate surface area is 83.8 Å². The molecule has 0 aromatic heterocycles. The number of ether oxygens (including phenoxy) is 1. The number of phenolic OH excluding ortho intramolecular Hbond substituents is 1. The molecule has 2 nitrogen and oxygen atoms in total. The number of aromatic hydroxyl groups is 1. The highest BCUT2D eigenvalue weighted by Crippen LogP contribution is 2.25. The van der Waals surface area contributed by atoms with Gasteiger partial charge in [0.1, 0.15) is 11.9 Å². The summed E-state index contributed by atoms with van der Waals surface area (Å²) < 4.78 is 5.53. The zero-order valence-corrected chi connectivity index (χ0v) is 8.07. The molecule has 2 heteroatoms. The Morgan fingerprint density at radius 2 is 2.36 bits per heavy atom. The van der Waals surface area contributed by atoms with E-state index >= 15 is 0 Å². The van der Waals surface area contributed by atoms with Crippen molar-refractivity contribution in [2.75, 3.05) is 0 Å². The van der Waals surface area contributed by atoms with Gasteiger partial charge in [-0.2, -0.15) is 0 Å². The first-order valence-electron chi connectivity index (χ1n) is 4.86. The van der Waals surface area contributed by atoms with Crippen molar-refractivity contribution in [3.05, 3.63) is 42.2 Å². The Kier molecular flexibility index (Phi) is 2.44. The van der Waals surface area contributed by atoms with Crippen LogP contribution in [-0.2, 0) is 11.2 Å². The van der Waals surface area contributed by atoms with Gasteiger partial charge in [0.15, 0.2) is 0 Å². The highest BCUT2D eigenvalue weighted by atomic mass is 16.5. The zero-order valence-electron chi connectivity index (χ0n) is 8.07. The molecule has 1 unspecified atom stereocenters. The second-order valence-corrected chi connectivity index (χ2v) is 3.69. The van der Waals surface area contributed by atoms with Crippen LogP contribution in [0, 0.1) is 0 Å². The third-order valence-corrected chi connectivity index (χ3v) is 2.45. The summed E-state index contributed by atoms with van der Waals surface area (Å²) in [6.45, 7) is 3.79. The first-order valence-corrected chi connectivity index (χ1v) is 4.86. The first kappa shape index (κ1) is 9.13. The van der Waals surface area contributed by atoms with Gasteiger partial charge in [-0.05, 0) is 24.1 Å². The molecule has 0 bridgehead atoms. The molecule has 0 amide bonds. The second kappa shape index (κ2) is 3.74. The standard InChI is InChI=1S/C12H14O2/c1-9-5-6-12(14-9)8-10-3-2-4-11(13)7-10/h2-4,7,12-13H,1,5-6,8H2. The van der Waals surface area contributed by atoms with E-state index in [1.54, 1.807) is 12.1 Å². The van der Waals surface area contributed by atoms with E-state index in [1.165, 1.54) is 0 Å². The van der Waals surface area contributed by atoms with Gasteiger partial charge in [0.05, 0.1) is 5.76 Å². The molecule has 0 aliphatic carbocycles. The number of phenols is 1. The van der Waals surface area contributed by atoms with Crippen molar-refractivity contribution in [3.8, 4) is 5.75 Å². The van der Waals surface area contributed by atoms with Crippen LogP contribution in [-0.4, -0.2) is 11.2 Å². The van der Waals surface area contributed by atoms with Crippen molar-refractivity contribution >= 4 is 0 Å². The number of hydrogen-bond donors (Lipinski definition) is 1.